The summed E-state index contributed by atoms with van der Waals surface area (Å²) in [6.07, 6.45) is 0. The van der Waals surface area contributed by atoms with Gasteiger partial charge in [-0.15, -0.1) is 5.10 Å². The minimum atomic E-state index is -0.266. The molecule has 1 aromatic heterocycles. The van der Waals surface area contributed by atoms with Gasteiger partial charge in [-0.25, -0.2) is 4.39 Å². The molecule has 0 saturated heterocycles. The highest BCUT2D eigenvalue weighted by Gasteiger charge is 2.08. The zero-order valence-electron chi connectivity index (χ0n) is 7.58. The summed E-state index contributed by atoms with van der Waals surface area (Å²) in [5.74, 6) is 0.376. The highest BCUT2D eigenvalue weighted by Crippen LogP contribution is 2.21. The second-order valence-corrected chi connectivity index (χ2v) is 2.95. The molecule has 0 fully saturated rings. The molecular weight excluding hydrogens is 183 g/mol. The van der Waals surface area contributed by atoms with Crippen molar-refractivity contribution >= 4 is 5.95 Å². The van der Waals surface area contributed by atoms with E-state index < -0.39 is 0 Å². The number of nitrogens with one attached hydrogen (secondary N) is 1. The van der Waals surface area contributed by atoms with Gasteiger partial charge in [-0.2, -0.15) is 4.98 Å². The van der Waals surface area contributed by atoms with Crippen LogP contribution >= 0.6 is 0 Å². The molecule has 0 aliphatic carbocycles. The van der Waals surface area contributed by atoms with Gasteiger partial charge in [0.25, 0.3) is 0 Å². The lowest BCUT2D eigenvalue weighted by molar-refractivity contribution is 0.619. The van der Waals surface area contributed by atoms with Gasteiger partial charge < -0.3 is 5.73 Å². The highest BCUT2D eigenvalue weighted by atomic mass is 19.1. The smallest absolute Gasteiger partial charge is 0.239 e. The number of nitrogen functional groups attached to an aromatic ring is 1. The number of hydrogen-bond acceptors (Lipinski definition) is 3. The largest absolute Gasteiger partial charge is 0.366 e. The standard InChI is InChI=1S/C9H9FN4/c1-5-6(3-2-4-7(5)10)8-12-9(11)14-13-8/h2-4H,1H3,(H3,11,12,13,14). The van der Waals surface area contributed by atoms with Crippen LogP contribution in [-0.2, 0) is 0 Å². The van der Waals surface area contributed by atoms with Crippen LogP contribution in [0, 0.1) is 12.7 Å². The second-order valence-electron chi connectivity index (χ2n) is 2.95. The normalized spacial score (nSPS) is 10.4. The van der Waals surface area contributed by atoms with E-state index in [0.29, 0.717) is 17.0 Å². The number of aromatic nitrogens is 3. The number of aromatic amines is 1. The fraction of sp³-hybridized carbons (Fsp3) is 0.111. The van der Waals surface area contributed by atoms with Gasteiger partial charge in [-0.1, -0.05) is 12.1 Å². The number of halogens is 1. The SMILES string of the molecule is Cc1c(F)cccc1-c1nc(N)n[nH]1. The first-order chi connectivity index (χ1) is 6.68. The minimum absolute atomic E-state index is 0.156. The first-order valence-electron chi connectivity index (χ1n) is 4.12. The third kappa shape index (κ3) is 1.32. The zero-order valence-corrected chi connectivity index (χ0v) is 7.58. The van der Waals surface area contributed by atoms with Gasteiger partial charge in [0.15, 0.2) is 5.82 Å². The number of rotatable bonds is 1. The third-order valence-electron chi connectivity index (χ3n) is 2.03. The van der Waals surface area contributed by atoms with Gasteiger partial charge in [0, 0.05) is 5.56 Å². The van der Waals surface area contributed by atoms with Crippen LogP contribution in [0.1, 0.15) is 5.56 Å². The topological polar surface area (TPSA) is 67.6 Å². The van der Waals surface area contributed by atoms with Gasteiger partial charge in [-0.05, 0) is 18.6 Å². The molecule has 0 saturated carbocycles. The first kappa shape index (κ1) is 8.68. The summed E-state index contributed by atoms with van der Waals surface area (Å²) in [6.45, 7) is 1.68. The van der Waals surface area contributed by atoms with Crippen LogP contribution in [0.3, 0.4) is 0 Å². The highest BCUT2D eigenvalue weighted by molar-refractivity contribution is 5.60. The molecule has 0 spiro atoms. The van der Waals surface area contributed by atoms with E-state index in [0.717, 1.165) is 0 Å². The molecule has 72 valence electrons. The molecule has 3 N–H and O–H groups in total. The van der Waals surface area contributed by atoms with E-state index >= 15 is 0 Å². The maximum Gasteiger partial charge on any atom is 0.239 e. The van der Waals surface area contributed by atoms with Gasteiger partial charge >= 0.3 is 0 Å². The Labute approximate surface area is 80.0 Å². The molecule has 0 aliphatic heterocycles. The summed E-state index contributed by atoms with van der Waals surface area (Å²) in [7, 11) is 0. The van der Waals surface area contributed by atoms with E-state index in [-0.39, 0.29) is 11.8 Å². The molecule has 4 nitrogen and oxygen atoms in total. The van der Waals surface area contributed by atoms with Crippen LogP contribution in [0.2, 0.25) is 0 Å². The Kier molecular flexibility index (Phi) is 1.92. The van der Waals surface area contributed by atoms with Crippen LogP contribution < -0.4 is 5.73 Å². The van der Waals surface area contributed by atoms with Crippen molar-refractivity contribution in [1.29, 1.82) is 0 Å². The van der Waals surface area contributed by atoms with Crippen molar-refractivity contribution in [2.24, 2.45) is 0 Å². The lowest BCUT2D eigenvalue weighted by Crippen LogP contribution is -1.90. The van der Waals surface area contributed by atoms with Crippen molar-refractivity contribution in [1.82, 2.24) is 15.2 Å². The van der Waals surface area contributed by atoms with Crippen molar-refractivity contribution in [3.8, 4) is 11.4 Å². The summed E-state index contributed by atoms with van der Waals surface area (Å²) in [4.78, 5) is 3.93. The Bertz CT molecular complexity index is 464. The zero-order chi connectivity index (χ0) is 10.1. The Morgan fingerprint density at radius 3 is 2.86 bits per heavy atom. The maximum absolute atomic E-state index is 13.2. The average Bonchev–Trinajstić information content (AvgIpc) is 2.57. The summed E-state index contributed by atoms with van der Waals surface area (Å²) < 4.78 is 13.2. The van der Waals surface area contributed by atoms with Gasteiger partial charge in [-0.3, -0.25) is 5.10 Å². The molecule has 0 aliphatic rings. The second kappa shape index (κ2) is 3.10. The van der Waals surface area contributed by atoms with Crippen LogP contribution in [0.5, 0.6) is 0 Å². The molecule has 14 heavy (non-hydrogen) atoms. The molecule has 1 heterocycles. The minimum Gasteiger partial charge on any atom is -0.366 e. The number of H-pyrrole nitrogens is 1. The molecule has 2 aromatic rings. The van der Waals surface area contributed by atoms with Crippen LogP contribution in [-0.4, -0.2) is 15.2 Å². The molecule has 2 rings (SSSR count). The van der Waals surface area contributed by atoms with Gasteiger partial charge in [0.2, 0.25) is 5.95 Å². The summed E-state index contributed by atoms with van der Waals surface area (Å²) in [6, 6.07) is 4.79. The number of nitrogens with two attached hydrogens (primary N) is 1. The number of hydrogen-bond donors (Lipinski definition) is 2. The number of anilines is 1. The van der Waals surface area contributed by atoms with E-state index in [2.05, 4.69) is 15.2 Å². The van der Waals surface area contributed by atoms with E-state index in [1.807, 2.05) is 0 Å². The van der Waals surface area contributed by atoms with Crippen molar-refractivity contribution in [3.05, 3.63) is 29.6 Å². The molecule has 0 unspecified atom stereocenters. The van der Waals surface area contributed by atoms with Gasteiger partial charge in [0.05, 0.1) is 0 Å². The number of benzene rings is 1. The number of nitrogens with zero attached hydrogens (tertiary/aromatic N) is 2. The fourth-order valence-electron chi connectivity index (χ4n) is 1.26. The molecule has 5 heteroatoms. The van der Waals surface area contributed by atoms with E-state index in [9.17, 15) is 4.39 Å². The lowest BCUT2D eigenvalue weighted by atomic mass is 10.1. The molecule has 0 amide bonds. The van der Waals surface area contributed by atoms with Crippen molar-refractivity contribution in [2.75, 3.05) is 5.73 Å². The van der Waals surface area contributed by atoms with Crippen LogP contribution in [0.4, 0.5) is 10.3 Å². The van der Waals surface area contributed by atoms with Crippen molar-refractivity contribution in [2.45, 2.75) is 6.92 Å². The quantitative estimate of drug-likeness (QED) is 0.719. The van der Waals surface area contributed by atoms with Crippen LogP contribution in [0.25, 0.3) is 11.4 Å². The Balaban J connectivity index is 2.57. The maximum atomic E-state index is 13.2. The van der Waals surface area contributed by atoms with E-state index in [1.165, 1.54) is 6.07 Å². The predicted molar refractivity (Wildman–Crippen MR) is 50.9 cm³/mol. The predicted octanol–water partition coefficient (Wildman–Crippen LogP) is 1.50. The molecule has 0 bridgehead atoms. The average molecular weight is 192 g/mol. The third-order valence-corrected chi connectivity index (χ3v) is 2.03. The van der Waals surface area contributed by atoms with Crippen molar-refractivity contribution in [3.63, 3.8) is 0 Å². The lowest BCUT2D eigenvalue weighted by Gasteiger charge is -2.01. The monoisotopic (exact) mass is 192 g/mol. The molecule has 0 radical (unpaired) electrons. The Morgan fingerprint density at radius 1 is 1.43 bits per heavy atom. The summed E-state index contributed by atoms with van der Waals surface area (Å²) in [5, 5.41) is 6.32. The Hall–Kier alpha value is -1.91. The summed E-state index contributed by atoms with van der Waals surface area (Å²) >= 11 is 0. The summed E-state index contributed by atoms with van der Waals surface area (Å²) in [5.41, 5.74) is 6.56. The van der Waals surface area contributed by atoms with E-state index in [1.54, 1.807) is 19.1 Å². The fourth-order valence-corrected chi connectivity index (χ4v) is 1.26. The molecule has 0 atom stereocenters. The molecular formula is C9H9FN4. The first-order valence-corrected chi connectivity index (χ1v) is 4.12. The van der Waals surface area contributed by atoms with E-state index in [4.69, 9.17) is 5.73 Å². The van der Waals surface area contributed by atoms with Crippen molar-refractivity contribution < 1.29 is 4.39 Å². The van der Waals surface area contributed by atoms with Crippen LogP contribution in [0.15, 0.2) is 18.2 Å². The van der Waals surface area contributed by atoms with Gasteiger partial charge in [0.1, 0.15) is 5.82 Å². The Morgan fingerprint density at radius 2 is 2.21 bits per heavy atom. The molecule has 1 aromatic carbocycles.